The van der Waals surface area contributed by atoms with Crippen LogP contribution in [-0.2, 0) is 38.6 Å². The molecule has 1 amide bonds. The first-order valence-corrected chi connectivity index (χ1v) is 12.1. The first kappa shape index (κ1) is 24.0. The zero-order valence-corrected chi connectivity index (χ0v) is 20.1. The zero-order chi connectivity index (χ0) is 25.1. The van der Waals surface area contributed by atoms with E-state index in [1.807, 2.05) is 79.7 Å². The van der Waals surface area contributed by atoms with Crippen LogP contribution >= 0.6 is 0 Å². The number of carbonyl (C=O) groups excluding carboxylic acids is 1. The molecule has 0 spiro atoms. The summed E-state index contributed by atoms with van der Waals surface area (Å²) in [6.07, 6.45) is -0.932. The molecule has 7 heteroatoms. The molecular weight excluding hydrogens is 458 g/mol. The summed E-state index contributed by atoms with van der Waals surface area (Å²) in [6, 6.07) is 21.9. The molecule has 0 aromatic heterocycles. The molecule has 2 aliphatic heterocycles. The van der Waals surface area contributed by atoms with Gasteiger partial charge in [-0.3, -0.25) is 4.79 Å². The predicted molar refractivity (Wildman–Crippen MR) is 133 cm³/mol. The molecular formula is C29H29NO6. The van der Waals surface area contributed by atoms with Gasteiger partial charge in [0.2, 0.25) is 0 Å². The molecule has 2 heterocycles. The first-order valence-electron chi connectivity index (χ1n) is 12.1. The first-order chi connectivity index (χ1) is 17.5. The predicted octanol–water partition coefficient (Wildman–Crippen LogP) is 4.07. The van der Waals surface area contributed by atoms with Crippen LogP contribution < -0.4 is 4.74 Å². The van der Waals surface area contributed by atoms with Gasteiger partial charge in [0, 0.05) is 18.5 Å². The summed E-state index contributed by atoms with van der Waals surface area (Å²) in [6.45, 7) is 3.34. The van der Waals surface area contributed by atoms with Gasteiger partial charge in [0.1, 0.15) is 24.5 Å². The Balaban J connectivity index is 1.44. The van der Waals surface area contributed by atoms with Crippen molar-refractivity contribution in [2.45, 2.75) is 44.7 Å². The lowest BCUT2D eigenvalue weighted by molar-refractivity contribution is -0.180. The van der Waals surface area contributed by atoms with Crippen molar-refractivity contribution in [1.82, 2.24) is 4.90 Å². The molecule has 36 heavy (non-hydrogen) atoms. The number of hydrogen-bond donors (Lipinski definition) is 1. The number of carbonyl (C=O) groups is 2. The Morgan fingerprint density at radius 3 is 2.36 bits per heavy atom. The van der Waals surface area contributed by atoms with Gasteiger partial charge in [-0.15, -0.1) is 0 Å². The number of amides is 1. The van der Waals surface area contributed by atoms with Crippen molar-refractivity contribution < 1.29 is 28.9 Å². The molecule has 0 bridgehead atoms. The highest BCUT2D eigenvalue weighted by atomic mass is 16.6. The standard InChI is InChI=1S/C29H29NO6/c1-19-12-13-22-15-30(28(31)27(36-23-17-34-18-23)21-10-6-3-7-11-21)25(29(32)33)14-24(22)26(19)35-16-20-8-4-2-5-9-20/h2-13,23,25,27H,14-18H2,1H3,(H,32,33)/t25-,27+/m1/s1. The van der Waals surface area contributed by atoms with Crippen LogP contribution in [0.2, 0.25) is 0 Å². The highest BCUT2D eigenvalue weighted by Crippen LogP contribution is 2.36. The van der Waals surface area contributed by atoms with E-state index >= 15 is 0 Å². The van der Waals surface area contributed by atoms with Gasteiger partial charge in [0.15, 0.2) is 6.10 Å². The van der Waals surface area contributed by atoms with Crippen LogP contribution in [0.15, 0.2) is 72.8 Å². The third-order valence-corrected chi connectivity index (χ3v) is 6.73. The molecule has 0 saturated carbocycles. The highest BCUT2D eigenvalue weighted by Gasteiger charge is 2.41. The number of nitrogens with zero attached hydrogens (tertiary/aromatic N) is 1. The number of fused-ring (bicyclic) bond motifs is 1. The van der Waals surface area contributed by atoms with Gasteiger partial charge in [-0.2, -0.15) is 0 Å². The van der Waals surface area contributed by atoms with Gasteiger partial charge in [-0.05, 0) is 29.2 Å². The number of aliphatic carboxylic acids is 1. The van der Waals surface area contributed by atoms with Crippen LogP contribution in [0, 0.1) is 6.92 Å². The van der Waals surface area contributed by atoms with Crippen LogP contribution in [0.3, 0.4) is 0 Å². The second kappa shape index (κ2) is 10.5. The molecule has 0 unspecified atom stereocenters. The van der Waals surface area contributed by atoms with Gasteiger partial charge in [-0.25, -0.2) is 4.79 Å². The van der Waals surface area contributed by atoms with Gasteiger partial charge in [0.25, 0.3) is 5.91 Å². The summed E-state index contributed by atoms with van der Waals surface area (Å²) < 4.78 is 17.5. The Bertz CT molecular complexity index is 1230. The summed E-state index contributed by atoms with van der Waals surface area (Å²) in [7, 11) is 0. The second-order valence-corrected chi connectivity index (χ2v) is 9.23. The molecule has 3 aromatic rings. The van der Waals surface area contributed by atoms with Crippen molar-refractivity contribution in [2.24, 2.45) is 0 Å². The fourth-order valence-electron chi connectivity index (χ4n) is 4.68. The summed E-state index contributed by atoms with van der Waals surface area (Å²) in [4.78, 5) is 27.7. The lowest BCUT2D eigenvalue weighted by Crippen LogP contribution is -2.51. The largest absolute Gasteiger partial charge is 0.488 e. The molecule has 1 N–H and O–H groups in total. The molecule has 3 aromatic carbocycles. The fourth-order valence-corrected chi connectivity index (χ4v) is 4.68. The Kier molecular flexibility index (Phi) is 7.02. The van der Waals surface area contributed by atoms with Crippen molar-refractivity contribution in [3.05, 3.63) is 101 Å². The number of rotatable bonds is 8. The molecule has 1 fully saturated rings. The summed E-state index contributed by atoms with van der Waals surface area (Å²) in [5.74, 6) is -0.723. The van der Waals surface area contributed by atoms with E-state index in [2.05, 4.69) is 0 Å². The lowest BCUT2D eigenvalue weighted by Gasteiger charge is -2.38. The Hall–Kier alpha value is -3.68. The average molecular weight is 488 g/mol. The Morgan fingerprint density at radius 2 is 1.72 bits per heavy atom. The van der Waals surface area contributed by atoms with Crippen LogP contribution in [0.5, 0.6) is 5.75 Å². The van der Waals surface area contributed by atoms with Crippen molar-refractivity contribution in [3.63, 3.8) is 0 Å². The highest BCUT2D eigenvalue weighted by molar-refractivity contribution is 5.88. The number of benzene rings is 3. The van der Waals surface area contributed by atoms with Gasteiger partial charge >= 0.3 is 5.97 Å². The Morgan fingerprint density at radius 1 is 1.03 bits per heavy atom. The minimum Gasteiger partial charge on any atom is -0.488 e. The van der Waals surface area contributed by atoms with Crippen LogP contribution in [0.4, 0.5) is 0 Å². The maximum atomic E-state index is 13.8. The van der Waals surface area contributed by atoms with E-state index in [0.29, 0.717) is 31.1 Å². The van der Waals surface area contributed by atoms with Crippen molar-refractivity contribution in [1.29, 1.82) is 0 Å². The smallest absolute Gasteiger partial charge is 0.326 e. The number of carboxylic acids is 1. The lowest BCUT2D eigenvalue weighted by atomic mass is 9.90. The van der Waals surface area contributed by atoms with Crippen molar-refractivity contribution in [2.75, 3.05) is 13.2 Å². The second-order valence-electron chi connectivity index (χ2n) is 9.23. The monoisotopic (exact) mass is 487 g/mol. The van der Waals surface area contributed by atoms with E-state index in [0.717, 1.165) is 22.3 Å². The quantitative estimate of drug-likeness (QED) is 0.516. The average Bonchev–Trinajstić information content (AvgIpc) is 2.87. The van der Waals surface area contributed by atoms with Gasteiger partial charge in [0.05, 0.1) is 13.2 Å². The minimum absolute atomic E-state index is 0.163. The van der Waals surface area contributed by atoms with Crippen molar-refractivity contribution in [3.8, 4) is 5.75 Å². The van der Waals surface area contributed by atoms with E-state index < -0.39 is 18.1 Å². The number of ether oxygens (including phenoxy) is 3. The summed E-state index contributed by atoms with van der Waals surface area (Å²) in [5, 5.41) is 10.1. The molecule has 0 radical (unpaired) electrons. The maximum absolute atomic E-state index is 13.8. The molecule has 2 aliphatic rings. The molecule has 1 saturated heterocycles. The minimum atomic E-state index is -1.05. The molecule has 2 atom stereocenters. The molecule has 186 valence electrons. The van der Waals surface area contributed by atoms with Crippen LogP contribution in [0.25, 0.3) is 0 Å². The number of carboxylic acid groups (broad SMARTS) is 1. The third-order valence-electron chi connectivity index (χ3n) is 6.73. The van der Waals surface area contributed by atoms with Gasteiger partial charge < -0.3 is 24.2 Å². The molecule has 7 nitrogen and oxygen atoms in total. The zero-order valence-electron chi connectivity index (χ0n) is 20.1. The van der Waals surface area contributed by atoms with Crippen LogP contribution in [-0.4, -0.2) is 47.2 Å². The van der Waals surface area contributed by atoms with Crippen molar-refractivity contribution >= 4 is 11.9 Å². The number of aryl methyl sites for hydroxylation is 1. The molecule has 5 rings (SSSR count). The number of hydrogen-bond acceptors (Lipinski definition) is 5. The van der Waals surface area contributed by atoms with E-state index in [-0.39, 0.29) is 25.0 Å². The molecule has 0 aliphatic carbocycles. The van der Waals surface area contributed by atoms with E-state index in [9.17, 15) is 14.7 Å². The maximum Gasteiger partial charge on any atom is 0.326 e. The summed E-state index contributed by atoms with van der Waals surface area (Å²) in [5.41, 5.74) is 4.38. The normalized spacial score (nSPS) is 18.1. The SMILES string of the molecule is Cc1ccc2c(c1OCc1ccccc1)C[C@H](C(=O)O)N(C(=O)[C@@H](OC1COC1)c1ccccc1)C2. The topological polar surface area (TPSA) is 85.3 Å². The van der Waals surface area contributed by atoms with E-state index in [1.54, 1.807) is 0 Å². The van der Waals surface area contributed by atoms with E-state index in [4.69, 9.17) is 14.2 Å². The van der Waals surface area contributed by atoms with Gasteiger partial charge in [-0.1, -0.05) is 72.8 Å². The fraction of sp³-hybridized carbons (Fsp3) is 0.310. The Labute approximate surface area is 210 Å². The third kappa shape index (κ3) is 4.98. The summed E-state index contributed by atoms with van der Waals surface area (Å²) >= 11 is 0. The van der Waals surface area contributed by atoms with Crippen LogP contribution in [0.1, 0.15) is 33.9 Å². The van der Waals surface area contributed by atoms with E-state index in [1.165, 1.54) is 4.90 Å².